The van der Waals surface area contributed by atoms with E-state index in [9.17, 15) is 31.5 Å². The normalized spacial score (nSPS) is 12.7. The van der Waals surface area contributed by atoms with Gasteiger partial charge in [0.1, 0.15) is 24.4 Å². The minimum Gasteiger partial charge on any atom is -0.490 e. The van der Waals surface area contributed by atoms with E-state index in [-0.39, 0.29) is 41.7 Å². The molecular formula is C24H27F3N4O7S. The van der Waals surface area contributed by atoms with Crippen molar-refractivity contribution < 1.29 is 45.1 Å². The molecule has 0 fully saturated rings. The molecule has 1 unspecified atom stereocenters. The first-order valence-electron chi connectivity index (χ1n) is 11.4. The number of halogens is 3. The summed E-state index contributed by atoms with van der Waals surface area (Å²) in [5, 5.41) is 12.9. The Morgan fingerprint density at radius 3 is 2.56 bits per heavy atom. The lowest BCUT2D eigenvalue weighted by Gasteiger charge is -2.15. The summed E-state index contributed by atoms with van der Waals surface area (Å²) in [6.07, 6.45) is -3.66. The SMILES string of the molecule is Cn1cc(C(F)(F)F)nc1-c1ccc(OCCCNC(O)COc2cccc(C(N)=O)c2)c(OS(C)(=O)=O)c1. The zero-order valence-electron chi connectivity index (χ0n) is 20.9. The van der Waals surface area contributed by atoms with E-state index < -0.39 is 34.1 Å². The summed E-state index contributed by atoms with van der Waals surface area (Å²) < 4.78 is 79.8. The molecule has 0 radical (unpaired) electrons. The van der Waals surface area contributed by atoms with Crippen LogP contribution in [0.4, 0.5) is 13.2 Å². The number of ether oxygens (including phenoxy) is 2. The number of nitrogens with two attached hydrogens (primary N) is 1. The average Bonchev–Trinajstić information content (AvgIpc) is 3.24. The third-order valence-electron chi connectivity index (χ3n) is 5.09. The quantitative estimate of drug-likeness (QED) is 0.159. The Balaban J connectivity index is 1.56. The van der Waals surface area contributed by atoms with E-state index >= 15 is 0 Å². The molecule has 0 aliphatic rings. The Hall–Kier alpha value is -3.82. The van der Waals surface area contributed by atoms with Crippen molar-refractivity contribution in [2.24, 2.45) is 12.8 Å². The Morgan fingerprint density at radius 1 is 1.18 bits per heavy atom. The number of primary amides is 1. The number of aliphatic hydroxyl groups excluding tert-OH is 1. The molecule has 3 rings (SSSR count). The van der Waals surface area contributed by atoms with Crippen LogP contribution in [-0.4, -0.2) is 61.2 Å². The predicted octanol–water partition coefficient (Wildman–Crippen LogP) is 2.30. The zero-order chi connectivity index (χ0) is 28.8. The van der Waals surface area contributed by atoms with E-state index in [2.05, 4.69) is 10.3 Å². The number of hydrogen-bond donors (Lipinski definition) is 3. The van der Waals surface area contributed by atoms with Crippen LogP contribution in [0, 0.1) is 0 Å². The van der Waals surface area contributed by atoms with Crippen molar-refractivity contribution >= 4 is 16.0 Å². The van der Waals surface area contributed by atoms with Gasteiger partial charge in [-0.2, -0.15) is 21.6 Å². The summed E-state index contributed by atoms with van der Waals surface area (Å²) >= 11 is 0. The van der Waals surface area contributed by atoms with Gasteiger partial charge in [0.15, 0.2) is 17.2 Å². The first-order valence-corrected chi connectivity index (χ1v) is 13.3. The number of nitrogens with zero attached hydrogens (tertiary/aromatic N) is 2. The van der Waals surface area contributed by atoms with E-state index in [1.165, 1.54) is 37.4 Å². The van der Waals surface area contributed by atoms with Crippen LogP contribution in [0.1, 0.15) is 22.5 Å². The van der Waals surface area contributed by atoms with Crippen LogP contribution in [-0.2, 0) is 23.3 Å². The second kappa shape index (κ2) is 12.4. The van der Waals surface area contributed by atoms with Crippen molar-refractivity contribution in [2.45, 2.75) is 18.8 Å². The highest BCUT2D eigenvalue weighted by Crippen LogP contribution is 2.35. The van der Waals surface area contributed by atoms with Crippen LogP contribution in [0.5, 0.6) is 17.2 Å². The number of carbonyl (C=O) groups is 1. The standard InChI is InChI=1S/C24H27F3N4O7S/c1-31-13-20(24(25,26)27)30-23(31)16-7-8-18(19(12-16)38-39(2,34)35)36-10-4-9-29-21(32)14-37-17-6-3-5-15(11-17)22(28)33/h3,5-8,11-13,21,29,32H,4,9-10,14H2,1-2H3,(H2,28,33). The van der Waals surface area contributed by atoms with Crippen LogP contribution in [0.25, 0.3) is 11.4 Å². The fourth-order valence-electron chi connectivity index (χ4n) is 3.36. The van der Waals surface area contributed by atoms with Crippen LogP contribution in [0.15, 0.2) is 48.7 Å². The van der Waals surface area contributed by atoms with Gasteiger partial charge in [-0.25, -0.2) is 4.98 Å². The second-order valence-corrected chi connectivity index (χ2v) is 9.96. The Kier molecular flexibility index (Phi) is 9.42. The van der Waals surface area contributed by atoms with Gasteiger partial charge in [0, 0.05) is 30.9 Å². The number of aromatic nitrogens is 2. The maximum Gasteiger partial charge on any atom is 0.434 e. The van der Waals surface area contributed by atoms with Gasteiger partial charge >= 0.3 is 16.3 Å². The maximum atomic E-state index is 13.0. The van der Waals surface area contributed by atoms with Crippen molar-refractivity contribution in [3.8, 4) is 28.6 Å². The lowest BCUT2D eigenvalue weighted by molar-refractivity contribution is -0.140. The molecule has 2 aromatic carbocycles. The topological polar surface area (TPSA) is 155 Å². The van der Waals surface area contributed by atoms with E-state index in [1.54, 1.807) is 12.1 Å². The molecule has 11 nitrogen and oxygen atoms in total. The molecule has 0 bridgehead atoms. The summed E-state index contributed by atoms with van der Waals surface area (Å²) in [6, 6.07) is 10.2. The van der Waals surface area contributed by atoms with Crippen molar-refractivity contribution in [1.29, 1.82) is 0 Å². The van der Waals surface area contributed by atoms with Gasteiger partial charge in [0.25, 0.3) is 0 Å². The minimum absolute atomic E-state index is 0.0472. The molecule has 1 amide bonds. The first kappa shape index (κ1) is 29.7. The molecule has 1 heterocycles. The molecule has 1 atom stereocenters. The fraction of sp³-hybridized carbons (Fsp3) is 0.333. The highest BCUT2D eigenvalue weighted by molar-refractivity contribution is 7.86. The van der Waals surface area contributed by atoms with E-state index in [0.29, 0.717) is 18.7 Å². The van der Waals surface area contributed by atoms with Crippen LogP contribution in [0.2, 0.25) is 0 Å². The Bertz CT molecular complexity index is 1410. The molecule has 212 valence electrons. The number of benzene rings is 2. The van der Waals surface area contributed by atoms with E-state index in [1.807, 2.05) is 0 Å². The summed E-state index contributed by atoms with van der Waals surface area (Å²) in [5.41, 5.74) is 4.58. The molecular weight excluding hydrogens is 545 g/mol. The van der Waals surface area contributed by atoms with Gasteiger partial charge < -0.3 is 29.1 Å². The fourth-order valence-corrected chi connectivity index (χ4v) is 3.82. The van der Waals surface area contributed by atoms with Crippen molar-refractivity contribution in [3.05, 3.63) is 59.9 Å². The minimum atomic E-state index is -4.64. The number of rotatable bonds is 13. The number of hydrogen-bond acceptors (Lipinski definition) is 9. The molecule has 39 heavy (non-hydrogen) atoms. The molecule has 3 aromatic rings. The monoisotopic (exact) mass is 572 g/mol. The first-order chi connectivity index (χ1) is 18.2. The molecule has 0 saturated carbocycles. The maximum absolute atomic E-state index is 13.0. The van der Waals surface area contributed by atoms with Gasteiger partial charge in [-0.1, -0.05) is 6.07 Å². The van der Waals surface area contributed by atoms with Crippen molar-refractivity contribution in [1.82, 2.24) is 14.9 Å². The number of alkyl halides is 3. The van der Waals surface area contributed by atoms with Gasteiger partial charge in [-0.05, 0) is 42.8 Å². The largest absolute Gasteiger partial charge is 0.490 e. The highest BCUT2D eigenvalue weighted by Gasteiger charge is 2.34. The molecule has 0 saturated heterocycles. The average molecular weight is 573 g/mol. The van der Waals surface area contributed by atoms with Crippen LogP contribution >= 0.6 is 0 Å². The lowest BCUT2D eigenvalue weighted by atomic mass is 10.2. The van der Waals surface area contributed by atoms with Gasteiger partial charge in [0.05, 0.1) is 12.9 Å². The number of imidazole rings is 1. The van der Waals surface area contributed by atoms with Crippen molar-refractivity contribution in [2.75, 3.05) is 26.0 Å². The highest BCUT2D eigenvalue weighted by atomic mass is 32.2. The molecule has 15 heteroatoms. The van der Waals surface area contributed by atoms with Crippen LogP contribution < -0.4 is 24.7 Å². The molecule has 4 N–H and O–H groups in total. The molecule has 1 aromatic heterocycles. The molecule has 0 aliphatic carbocycles. The Labute approximate surface area is 222 Å². The third-order valence-corrected chi connectivity index (χ3v) is 5.58. The molecule has 0 spiro atoms. The predicted molar refractivity (Wildman–Crippen MR) is 134 cm³/mol. The number of aliphatic hydroxyl groups is 1. The summed E-state index contributed by atoms with van der Waals surface area (Å²) in [7, 11) is -2.60. The van der Waals surface area contributed by atoms with Crippen LogP contribution in [0.3, 0.4) is 0 Å². The van der Waals surface area contributed by atoms with E-state index in [4.69, 9.17) is 19.4 Å². The smallest absolute Gasteiger partial charge is 0.434 e. The molecule has 0 aliphatic heterocycles. The van der Waals surface area contributed by atoms with E-state index in [0.717, 1.165) is 17.0 Å². The number of carbonyl (C=O) groups excluding carboxylic acids is 1. The summed E-state index contributed by atoms with van der Waals surface area (Å²) in [6.45, 7) is 0.265. The van der Waals surface area contributed by atoms with Gasteiger partial charge in [-0.15, -0.1) is 0 Å². The van der Waals surface area contributed by atoms with Gasteiger partial charge in [-0.3, -0.25) is 10.1 Å². The number of aryl methyl sites for hydroxylation is 1. The zero-order valence-corrected chi connectivity index (χ0v) is 21.8. The summed E-state index contributed by atoms with van der Waals surface area (Å²) in [5.74, 6) is -0.462. The number of amides is 1. The second-order valence-electron chi connectivity index (χ2n) is 8.38. The number of nitrogens with one attached hydrogen (secondary N) is 1. The lowest BCUT2D eigenvalue weighted by Crippen LogP contribution is -2.35. The summed E-state index contributed by atoms with van der Waals surface area (Å²) in [4.78, 5) is 14.8. The Morgan fingerprint density at radius 2 is 1.92 bits per heavy atom. The van der Waals surface area contributed by atoms with Crippen molar-refractivity contribution in [3.63, 3.8) is 0 Å². The third kappa shape index (κ3) is 8.87. The van der Waals surface area contributed by atoms with Gasteiger partial charge in [0.2, 0.25) is 5.91 Å².